The Morgan fingerprint density at radius 2 is 0.323 bits per heavy atom. The Kier molecular flexibility index (Phi) is 69.4. The Balaban J connectivity index is 0.000000727. The second-order valence-electron chi connectivity index (χ2n) is 25.5. The molecule has 5 heterocycles. The zero-order valence-electron chi connectivity index (χ0n) is 72.4. The van der Waals surface area contributed by atoms with Gasteiger partial charge in [0.2, 0.25) is 0 Å². The summed E-state index contributed by atoms with van der Waals surface area (Å²) in [6.45, 7) is 20.0. The Morgan fingerprint density at radius 3 is 0.425 bits per heavy atom. The van der Waals surface area contributed by atoms with Crippen molar-refractivity contribution in [2.75, 3.05) is 0 Å². The number of hydrogen-bond donors (Lipinski definition) is 0. The molecular weight excluding hydrogens is 1980 g/mol. The summed E-state index contributed by atoms with van der Waals surface area (Å²) in [5.41, 5.74) is 19.5. The van der Waals surface area contributed by atoms with Crippen LogP contribution in [-0.4, -0.2) is 30.4 Å². The minimum Gasteiger partial charge on any atom is -0.345 e. The van der Waals surface area contributed by atoms with E-state index in [1.54, 1.807) is 20.5 Å². The number of pyridine rings is 5. The first-order valence-electron chi connectivity index (χ1n) is 39.7. The van der Waals surface area contributed by atoms with Crippen molar-refractivity contribution in [2.45, 2.75) is 69.2 Å². The number of halogens is 3. The summed E-state index contributed by atoms with van der Waals surface area (Å²) in [4.78, 5) is 23.3. The fourth-order valence-corrected chi connectivity index (χ4v) is 11.5. The third-order valence-electron chi connectivity index (χ3n) is 15.4. The van der Waals surface area contributed by atoms with Crippen molar-refractivity contribution >= 4 is 53.9 Å². The Hall–Kier alpha value is -9.61. The molecule has 15 heteroatoms. The summed E-state index contributed by atoms with van der Waals surface area (Å²) < 4.78 is 9.12. The molecule has 0 fully saturated rings. The summed E-state index contributed by atoms with van der Waals surface area (Å²) in [6, 6.07) is 162. The fraction of sp³-hybridized carbons (Fsp3) is 0.0893. The molecular formula is C112H103BrFIN5Ni5OP-11. The van der Waals surface area contributed by atoms with Gasteiger partial charge in [0.1, 0.15) is 0 Å². The maximum absolute atomic E-state index is 9.12. The van der Waals surface area contributed by atoms with E-state index in [9.17, 15) is 0 Å². The molecule has 0 unspecified atom stereocenters. The Bertz CT molecular complexity index is 4380. The van der Waals surface area contributed by atoms with E-state index < -0.39 is 0 Å². The van der Waals surface area contributed by atoms with Gasteiger partial charge in [0.25, 0.3) is 0 Å². The summed E-state index contributed by atoms with van der Waals surface area (Å²) in [6.07, 6.45) is 10.0. The molecule has 6 nitrogen and oxygen atoms in total. The number of rotatable bonds is 12. The van der Waals surface area contributed by atoms with Crippen LogP contribution in [0, 0.1) is 92.8 Å². The van der Waals surface area contributed by atoms with Crippen molar-refractivity contribution in [3.05, 3.63) is 487 Å². The molecule has 0 amide bonds. The molecule has 2 N–H and O–H groups in total. The molecule has 669 valence electrons. The van der Waals surface area contributed by atoms with Gasteiger partial charge in [-0.15, -0.1) is 359 Å². The van der Waals surface area contributed by atoms with Crippen LogP contribution >= 0.6 is 43.3 Å². The van der Waals surface area contributed by atoms with Gasteiger partial charge in [-0.1, -0.05) is 160 Å². The van der Waals surface area contributed by atoms with Crippen molar-refractivity contribution in [2.24, 2.45) is 0 Å². The van der Waals surface area contributed by atoms with Crippen molar-refractivity contribution in [1.29, 1.82) is 0 Å². The van der Waals surface area contributed by atoms with Crippen LogP contribution in [0.15, 0.2) is 394 Å². The van der Waals surface area contributed by atoms with Crippen molar-refractivity contribution in [3.63, 3.8) is 0 Å². The van der Waals surface area contributed by atoms with Crippen LogP contribution in [0.1, 0.15) is 69.2 Å². The maximum Gasteiger partial charge on any atom is -0.0226 e. The molecule has 0 aliphatic heterocycles. The average Bonchev–Trinajstić information content (AvgIpc) is 0.859. The van der Waals surface area contributed by atoms with Gasteiger partial charge in [0.15, 0.2) is 0 Å². The van der Waals surface area contributed by atoms with Crippen LogP contribution in [0.3, 0.4) is 0 Å². The van der Waals surface area contributed by atoms with Crippen LogP contribution in [0.4, 0.5) is 3.61 Å². The first-order valence-corrected chi connectivity index (χ1v) is 46.7. The van der Waals surface area contributed by atoms with Gasteiger partial charge in [-0.05, 0) is 67.5 Å². The topological polar surface area (TPSA) is 96.0 Å². The summed E-state index contributed by atoms with van der Waals surface area (Å²) in [5.74, 6) is 0. The molecule has 0 radical (unpaired) electrons. The minimum atomic E-state index is 0. The smallest absolute Gasteiger partial charge is 0.0226 e. The quantitative estimate of drug-likeness (QED) is 0.0525. The van der Waals surface area contributed by atoms with Crippen molar-refractivity contribution < 1.29 is 84.0 Å². The van der Waals surface area contributed by atoms with E-state index in [0.717, 1.165) is 121 Å². The predicted molar refractivity (Wildman–Crippen MR) is 530 cm³/mol. The average molecular weight is 2090 g/mol. The predicted octanol–water partition coefficient (Wildman–Crippen LogP) is 29.9. The van der Waals surface area contributed by atoms with Gasteiger partial charge in [-0.2, -0.15) is 69.2 Å². The van der Waals surface area contributed by atoms with E-state index in [0.29, 0.717) is 0 Å². The number of benzene rings is 12. The zero-order valence-corrected chi connectivity index (χ0v) is 82.0. The fourth-order valence-electron chi connectivity index (χ4n) is 10.4. The van der Waals surface area contributed by atoms with Gasteiger partial charge in [0, 0.05) is 0 Å². The second-order valence-corrected chi connectivity index (χ2v) is 27.0. The van der Waals surface area contributed by atoms with Gasteiger partial charge in [0.05, 0.1) is 0 Å². The first kappa shape index (κ1) is 115. The third kappa shape index (κ3) is 46.8. The molecule has 0 spiro atoms. The van der Waals surface area contributed by atoms with E-state index in [4.69, 9.17) is 3.61 Å². The molecule has 12 aromatic carbocycles. The Morgan fingerprint density at radius 1 is 0.213 bits per heavy atom. The van der Waals surface area contributed by atoms with Crippen molar-refractivity contribution in [3.8, 4) is 113 Å². The molecule has 17 rings (SSSR count). The van der Waals surface area contributed by atoms with Gasteiger partial charge in [-0.3, -0.25) is 0 Å². The van der Waals surface area contributed by atoms with Crippen LogP contribution in [0.25, 0.3) is 113 Å². The van der Waals surface area contributed by atoms with Gasteiger partial charge in [-0.25, -0.2) is 0 Å². The molecule has 17 aromatic rings. The molecule has 0 aliphatic carbocycles. The minimum absolute atomic E-state index is 0. The summed E-state index contributed by atoms with van der Waals surface area (Å²) in [5, 5.41) is 2.79. The second kappa shape index (κ2) is 76.4. The first-order chi connectivity index (χ1) is 61.2. The molecule has 127 heavy (non-hydrogen) atoms. The monoisotopic (exact) mass is 2080 g/mol. The van der Waals surface area contributed by atoms with Crippen molar-refractivity contribution in [1.82, 2.24) is 24.9 Å². The molecule has 5 aromatic heterocycles. The van der Waals surface area contributed by atoms with E-state index in [1.807, 2.05) is 435 Å². The number of hydrogen-bond acceptors (Lipinski definition) is 5. The summed E-state index contributed by atoms with van der Waals surface area (Å²) in [7, 11) is 0.777. The number of aromatic nitrogens is 5. The van der Waals surface area contributed by atoms with E-state index in [1.165, 1.54) is 10.6 Å². The molecule has 0 bridgehead atoms. The van der Waals surface area contributed by atoms with E-state index in [2.05, 4.69) is 202 Å². The van der Waals surface area contributed by atoms with E-state index in [-0.39, 0.29) is 38.5 Å². The van der Waals surface area contributed by atoms with Crippen LogP contribution in [0.5, 0.6) is 0 Å². The molecule has 0 atom stereocenters. The number of nitrogens with zero attached hydrogens (tertiary/aromatic N) is 5. The maximum atomic E-state index is 9.12. The summed E-state index contributed by atoms with van der Waals surface area (Å²) >= 11 is 14.2. The van der Waals surface area contributed by atoms with Gasteiger partial charge >= 0.3 is 113 Å². The standard InChI is InChI=1S/5C17H11N.C12H11P.5C3H7.BrH.FH.HI.5Ni.H2O/c5*1-3-8-14(9-4-1)16-12-7-13-17(18-16)15-10-5-2-6-11-15;1-3-7-11(8-4-1)13-12-9-5-2-6-10-12;5*1-3-2;;;;;;;;;/h5*1-8,10,12-13H;1-10,13H;5*3H,1-2H3;3*1H;;;;;;1H2/q5*-2;;5*-1;;;;3*+1;2*+2;/p-3. The van der Waals surface area contributed by atoms with Crippen LogP contribution in [-0.2, 0) is 74.9 Å². The molecule has 0 aliphatic rings. The zero-order chi connectivity index (χ0) is 89.5. The van der Waals surface area contributed by atoms with Gasteiger partial charge < -0.3 is 62.5 Å². The molecule has 0 saturated heterocycles. The normalized spacial score (nSPS) is 9.13. The van der Waals surface area contributed by atoms with Crippen LogP contribution < -0.4 is 10.6 Å². The van der Waals surface area contributed by atoms with Crippen LogP contribution in [0.2, 0.25) is 0 Å². The Labute approximate surface area is 823 Å². The SMILES string of the molecule is C[CH-]C.C[CH-]C.C[CH-]C.C[CH-]C.C[CH-]C.O.[F][Ni].[Ni+2].[Ni+2].[Ni][Br].[Ni][I].[c-]1ccccc1-c1cccc(-c2[c-]cccc2)n1.[c-]1ccccc1-c1cccc(-c2[c-]cccc2)n1.[c-]1ccccc1-c1cccc(-c2[c-]cccc2)n1.[c-]1ccccc1-c1cccc(-c2[c-]cccc2)n1.[c-]1ccccc1-c1cccc(-c2[c-]cccc2)n1.c1ccc(Pc2ccccc2)cc1. The van der Waals surface area contributed by atoms with E-state index >= 15 is 0 Å². The molecule has 0 saturated carbocycles. The third-order valence-corrected chi connectivity index (χ3v) is 16.7. The largest absolute Gasteiger partial charge is 0.345 e.